The minimum Gasteiger partial charge on any atom is -0.343 e. The van der Waals surface area contributed by atoms with Crippen LogP contribution in [0, 0.1) is 11.3 Å². The number of nitrogens with one attached hydrogen (secondary N) is 1. The monoisotopic (exact) mass is 307 g/mol. The molecule has 0 bridgehead atoms. The zero-order chi connectivity index (χ0) is 15.7. The van der Waals surface area contributed by atoms with Gasteiger partial charge in [-0.15, -0.1) is 0 Å². The van der Waals surface area contributed by atoms with E-state index in [0.717, 1.165) is 45.4 Å². The van der Waals surface area contributed by atoms with E-state index in [1.165, 1.54) is 19.3 Å². The summed E-state index contributed by atoms with van der Waals surface area (Å²) in [6.45, 7) is 5.09. The zero-order valence-electron chi connectivity index (χ0n) is 13.9. The minimum atomic E-state index is -0.127. The van der Waals surface area contributed by atoms with Crippen molar-refractivity contribution < 1.29 is 9.59 Å². The Morgan fingerprint density at radius 2 is 1.91 bits per heavy atom. The molecule has 22 heavy (non-hydrogen) atoms. The van der Waals surface area contributed by atoms with Crippen LogP contribution >= 0.6 is 0 Å². The number of likely N-dealkylation sites (tertiary alicyclic amines) is 1. The normalized spacial score (nSPS) is 32.6. The lowest BCUT2D eigenvalue weighted by Gasteiger charge is -2.44. The average Bonchev–Trinajstić information content (AvgIpc) is 2.98. The van der Waals surface area contributed by atoms with Crippen LogP contribution in [0.25, 0.3) is 0 Å². The first-order valence-corrected chi connectivity index (χ1v) is 8.78. The third-order valence-corrected chi connectivity index (χ3v) is 6.26. The molecule has 0 radical (unpaired) electrons. The molecule has 124 valence electrons. The van der Waals surface area contributed by atoms with Gasteiger partial charge in [-0.3, -0.25) is 9.59 Å². The molecular weight excluding hydrogens is 278 g/mol. The number of piperidine rings is 1. The fraction of sp³-hybridized carbons (Fsp3) is 0.882. The van der Waals surface area contributed by atoms with Crippen molar-refractivity contribution in [3.63, 3.8) is 0 Å². The van der Waals surface area contributed by atoms with Gasteiger partial charge in [-0.2, -0.15) is 0 Å². The topological polar surface area (TPSA) is 52.7 Å². The number of fused-ring (bicyclic) bond motifs is 1. The molecule has 1 N–H and O–H groups in total. The molecule has 0 spiro atoms. The van der Waals surface area contributed by atoms with Crippen LogP contribution in [0.15, 0.2) is 0 Å². The highest BCUT2D eigenvalue weighted by atomic mass is 16.2. The second-order valence-corrected chi connectivity index (χ2v) is 7.38. The zero-order valence-corrected chi connectivity index (χ0v) is 13.9. The Labute approximate surface area is 133 Å². The summed E-state index contributed by atoms with van der Waals surface area (Å²) < 4.78 is 0. The highest BCUT2D eigenvalue weighted by Gasteiger charge is 2.51. The molecule has 2 amide bonds. The molecule has 0 aromatic heterocycles. The van der Waals surface area contributed by atoms with Crippen molar-refractivity contribution in [3.05, 3.63) is 0 Å². The number of nitrogens with zero attached hydrogens (tertiary/aromatic N) is 2. The molecule has 2 atom stereocenters. The fourth-order valence-electron chi connectivity index (χ4n) is 4.70. The lowest BCUT2D eigenvalue weighted by molar-refractivity contribution is -0.147. The molecule has 5 heteroatoms. The third-order valence-electron chi connectivity index (χ3n) is 6.26. The summed E-state index contributed by atoms with van der Waals surface area (Å²) in [6, 6.07) is 0.294. The van der Waals surface area contributed by atoms with Crippen LogP contribution in [-0.2, 0) is 9.59 Å². The van der Waals surface area contributed by atoms with E-state index < -0.39 is 0 Å². The maximum Gasteiger partial charge on any atom is 0.230 e. The highest BCUT2D eigenvalue weighted by Crippen LogP contribution is 2.45. The molecule has 5 nitrogen and oxygen atoms in total. The van der Waals surface area contributed by atoms with Crippen LogP contribution < -0.4 is 5.32 Å². The molecule has 2 saturated heterocycles. The minimum absolute atomic E-state index is 0.121. The van der Waals surface area contributed by atoms with Gasteiger partial charge in [0.2, 0.25) is 11.8 Å². The van der Waals surface area contributed by atoms with Gasteiger partial charge >= 0.3 is 0 Å². The van der Waals surface area contributed by atoms with E-state index in [1.54, 1.807) is 6.92 Å². The van der Waals surface area contributed by atoms with Gasteiger partial charge in [-0.25, -0.2) is 0 Å². The molecule has 0 unspecified atom stereocenters. The smallest absolute Gasteiger partial charge is 0.230 e. The van der Waals surface area contributed by atoms with Gasteiger partial charge in [0, 0.05) is 39.6 Å². The lowest BCUT2D eigenvalue weighted by Crippen LogP contribution is -2.54. The molecule has 3 aliphatic rings. The van der Waals surface area contributed by atoms with Crippen molar-refractivity contribution in [3.8, 4) is 0 Å². The van der Waals surface area contributed by atoms with Gasteiger partial charge in [0.15, 0.2) is 0 Å². The molecule has 3 fully saturated rings. The Kier molecular flexibility index (Phi) is 4.44. The quantitative estimate of drug-likeness (QED) is 0.835. The first-order chi connectivity index (χ1) is 10.5. The van der Waals surface area contributed by atoms with E-state index in [0.29, 0.717) is 17.9 Å². The maximum atomic E-state index is 13.2. The van der Waals surface area contributed by atoms with Crippen LogP contribution in [0.2, 0.25) is 0 Å². The van der Waals surface area contributed by atoms with Crippen molar-refractivity contribution >= 4 is 11.8 Å². The predicted octanol–water partition coefficient (Wildman–Crippen LogP) is 1.24. The van der Waals surface area contributed by atoms with Gasteiger partial charge in [0.05, 0.1) is 5.41 Å². The van der Waals surface area contributed by atoms with E-state index in [2.05, 4.69) is 10.2 Å². The van der Waals surface area contributed by atoms with Crippen molar-refractivity contribution in [2.75, 3.05) is 33.2 Å². The molecule has 2 aliphatic heterocycles. The van der Waals surface area contributed by atoms with Crippen LogP contribution in [0.1, 0.15) is 45.4 Å². The second-order valence-electron chi connectivity index (χ2n) is 7.38. The largest absolute Gasteiger partial charge is 0.343 e. The molecule has 2 heterocycles. The van der Waals surface area contributed by atoms with Crippen LogP contribution in [-0.4, -0.2) is 60.9 Å². The lowest BCUT2D eigenvalue weighted by atomic mass is 9.67. The Balaban J connectivity index is 1.63. The predicted molar refractivity (Wildman–Crippen MR) is 85.3 cm³/mol. The van der Waals surface area contributed by atoms with Crippen molar-refractivity contribution in [1.82, 2.24) is 15.1 Å². The van der Waals surface area contributed by atoms with E-state index in [9.17, 15) is 9.59 Å². The van der Waals surface area contributed by atoms with Crippen LogP contribution in [0.3, 0.4) is 0 Å². The molecule has 3 rings (SSSR count). The Hall–Kier alpha value is -1.10. The van der Waals surface area contributed by atoms with Crippen molar-refractivity contribution in [1.29, 1.82) is 0 Å². The Morgan fingerprint density at radius 1 is 1.18 bits per heavy atom. The van der Waals surface area contributed by atoms with Gasteiger partial charge in [0.1, 0.15) is 0 Å². The first-order valence-electron chi connectivity index (χ1n) is 8.78. The summed E-state index contributed by atoms with van der Waals surface area (Å²) in [6.07, 6.45) is 6.53. The molecule has 1 saturated carbocycles. The Morgan fingerprint density at radius 3 is 2.59 bits per heavy atom. The summed E-state index contributed by atoms with van der Waals surface area (Å²) in [5.74, 6) is 1.04. The number of hydrogen-bond donors (Lipinski definition) is 1. The van der Waals surface area contributed by atoms with Gasteiger partial charge in [0.25, 0.3) is 0 Å². The molecule has 0 aromatic carbocycles. The summed E-state index contributed by atoms with van der Waals surface area (Å²) in [5.41, 5.74) is -0.127. The summed E-state index contributed by atoms with van der Waals surface area (Å²) in [4.78, 5) is 28.6. The first kappa shape index (κ1) is 15.8. The van der Waals surface area contributed by atoms with E-state index in [1.807, 2.05) is 11.9 Å². The standard InChI is InChI=1S/C17H29N3O2/c1-13(21)19(2)15-6-9-20(10-7-15)16(22)17-8-4-3-5-14(17)11-18-12-17/h14-15,18H,3-12H2,1-2H3/t14-,17+/m0/s1. The van der Waals surface area contributed by atoms with Crippen molar-refractivity contribution in [2.45, 2.75) is 51.5 Å². The third kappa shape index (κ3) is 2.64. The molecule has 1 aliphatic carbocycles. The van der Waals surface area contributed by atoms with Crippen LogP contribution in [0.5, 0.6) is 0 Å². The number of rotatable bonds is 2. The van der Waals surface area contributed by atoms with Crippen LogP contribution in [0.4, 0.5) is 0 Å². The summed E-state index contributed by atoms with van der Waals surface area (Å²) in [5, 5.41) is 3.47. The Bertz CT molecular complexity index is 445. The molecule has 0 aromatic rings. The number of carbonyl (C=O) groups excluding carboxylic acids is 2. The van der Waals surface area contributed by atoms with Crippen molar-refractivity contribution in [2.24, 2.45) is 11.3 Å². The average molecular weight is 307 g/mol. The number of hydrogen-bond acceptors (Lipinski definition) is 3. The summed E-state index contributed by atoms with van der Waals surface area (Å²) in [7, 11) is 1.88. The van der Waals surface area contributed by atoms with E-state index >= 15 is 0 Å². The van der Waals surface area contributed by atoms with E-state index in [4.69, 9.17) is 0 Å². The second kappa shape index (κ2) is 6.19. The fourth-order valence-corrected chi connectivity index (χ4v) is 4.70. The highest BCUT2D eigenvalue weighted by molar-refractivity contribution is 5.84. The van der Waals surface area contributed by atoms with E-state index in [-0.39, 0.29) is 11.3 Å². The number of amides is 2. The maximum absolute atomic E-state index is 13.2. The van der Waals surface area contributed by atoms with Gasteiger partial charge in [-0.05, 0) is 38.1 Å². The number of carbonyl (C=O) groups is 2. The summed E-state index contributed by atoms with van der Waals surface area (Å²) >= 11 is 0. The van der Waals surface area contributed by atoms with Gasteiger partial charge in [-0.1, -0.05) is 12.8 Å². The SMILES string of the molecule is CC(=O)N(C)C1CCN(C(=O)[C@@]23CCCC[C@H]2CNC3)CC1. The molecular formula is C17H29N3O2. The van der Waals surface area contributed by atoms with Gasteiger partial charge < -0.3 is 15.1 Å².